The lowest BCUT2D eigenvalue weighted by molar-refractivity contribution is 0.304. The molecule has 3 aromatic rings. The zero-order valence-electron chi connectivity index (χ0n) is 13.1. The van der Waals surface area contributed by atoms with Gasteiger partial charge >= 0.3 is 0 Å². The number of aliphatic hydroxyl groups is 1. The van der Waals surface area contributed by atoms with E-state index in [2.05, 4.69) is 57.1 Å². The molecule has 2 heterocycles. The minimum atomic E-state index is 0.0976. The molecule has 0 fully saturated rings. The number of aryl methyl sites for hydroxylation is 1. The molecule has 0 unspecified atom stereocenters. The summed E-state index contributed by atoms with van der Waals surface area (Å²) in [7, 11) is 1.95. The monoisotopic (exact) mass is 391 g/mol. The Bertz CT molecular complexity index is 817. The van der Waals surface area contributed by atoms with Gasteiger partial charge in [-0.25, -0.2) is 9.97 Å². The number of benzene rings is 1. The van der Waals surface area contributed by atoms with Crippen molar-refractivity contribution in [3.63, 3.8) is 0 Å². The second kappa shape index (κ2) is 6.95. The second-order valence-corrected chi connectivity index (χ2v) is 7.28. The van der Waals surface area contributed by atoms with Crippen LogP contribution in [0.1, 0.15) is 11.8 Å². The van der Waals surface area contributed by atoms with E-state index in [4.69, 9.17) is 0 Å². The number of thiophene rings is 1. The Hall–Kier alpha value is -1.50. The van der Waals surface area contributed by atoms with E-state index >= 15 is 0 Å². The predicted molar refractivity (Wildman–Crippen MR) is 100 cm³/mol. The van der Waals surface area contributed by atoms with Crippen molar-refractivity contribution in [3.05, 3.63) is 39.9 Å². The van der Waals surface area contributed by atoms with Crippen molar-refractivity contribution < 1.29 is 5.11 Å². The van der Waals surface area contributed by atoms with Crippen molar-refractivity contribution in [1.29, 1.82) is 0 Å². The van der Waals surface area contributed by atoms with Gasteiger partial charge in [-0.15, -0.1) is 11.3 Å². The first kappa shape index (κ1) is 16.4. The smallest absolute Gasteiger partial charge is 0.141 e. The van der Waals surface area contributed by atoms with Crippen LogP contribution in [0.2, 0.25) is 0 Å². The van der Waals surface area contributed by atoms with Crippen molar-refractivity contribution in [3.8, 4) is 11.1 Å². The maximum Gasteiger partial charge on any atom is 0.141 e. The highest BCUT2D eigenvalue weighted by Gasteiger charge is 2.19. The molecule has 0 radical (unpaired) electrons. The van der Waals surface area contributed by atoms with E-state index in [1.165, 1.54) is 16.0 Å². The van der Waals surface area contributed by atoms with Gasteiger partial charge in [0.15, 0.2) is 0 Å². The van der Waals surface area contributed by atoms with E-state index in [1.807, 2.05) is 11.9 Å². The summed E-state index contributed by atoms with van der Waals surface area (Å²) in [5.41, 5.74) is 2.38. The zero-order valence-corrected chi connectivity index (χ0v) is 15.5. The second-order valence-electron chi connectivity index (χ2n) is 5.28. The Morgan fingerprint density at radius 2 is 1.96 bits per heavy atom. The standard InChI is InChI=1S/C17H18BrN3OS/c1-3-13-14(11-4-6-12(18)7-5-11)15-16(21(2)8-9-22)19-10-20-17(15)23-13/h4-7,10,22H,3,8-9H2,1-2H3. The maximum absolute atomic E-state index is 9.25. The van der Waals surface area contributed by atoms with Gasteiger partial charge in [0.2, 0.25) is 0 Å². The molecule has 0 aliphatic heterocycles. The Morgan fingerprint density at radius 1 is 1.22 bits per heavy atom. The average Bonchev–Trinajstić information content (AvgIpc) is 2.94. The minimum Gasteiger partial charge on any atom is -0.395 e. The van der Waals surface area contributed by atoms with E-state index < -0.39 is 0 Å². The van der Waals surface area contributed by atoms with E-state index in [0.717, 1.165) is 26.9 Å². The number of likely N-dealkylation sites (N-methyl/N-ethyl adjacent to an activating group) is 1. The molecule has 3 rings (SSSR count). The van der Waals surface area contributed by atoms with Crippen LogP contribution in [0.25, 0.3) is 21.3 Å². The number of nitrogens with zero attached hydrogens (tertiary/aromatic N) is 3. The molecule has 6 heteroatoms. The van der Waals surface area contributed by atoms with Crippen LogP contribution in [-0.2, 0) is 6.42 Å². The molecular formula is C17H18BrN3OS. The van der Waals surface area contributed by atoms with Crippen LogP contribution in [0.15, 0.2) is 35.1 Å². The third-order valence-electron chi connectivity index (χ3n) is 3.79. The Kier molecular flexibility index (Phi) is 4.94. The number of anilines is 1. The van der Waals surface area contributed by atoms with Crippen molar-refractivity contribution in [2.45, 2.75) is 13.3 Å². The molecule has 1 N–H and O–H groups in total. The summed E-state index contributed by atoms with van der Waals surface area (Å²) in [4.78, 5) is 13.2. The largest absolute Gasteiger partial charge is 0.395 e. The molecule has 2 aromatic heterocycles. The molecule has 120 valence electrons. The fourth-order valence-electron chi connectivity index (χ4n) is 2.68. The number of fused-ring (bicyclic) bond motifs is 1. The minimum absolute atomic E-state index is 0.0976. The molecule has 4 nitrogen and oxygen atoms in total. The SMILES string of the molecule is CCc1sc2ncnc(N(C)CCO)c2c1-c1ccc(Br)cc1. The number of aliphatic hydroxyl groups excluding tert-OH is 1. The lowest BCUT2D eigenvalue weighted by Gasteiger charge is -2.18. The fraction of sp³-hybridized carbons (Fsp3) is 0.294. The summed E-state index contributed by atoms with van der Waals surface area (Å²) in [5, 5.41) is 10.3. The van der Waals surface area contributed by atoms with Crippen LogP contribution in [0.4, 0.5) is 5.82 Å². The highest BCUT2D eigenvalue weighted by Crippen LogP contribution is 2.42. The van der Waals surface area contributed by atoms with Crippen LogP contribution in [0.5, 0.6) is 0 Å². The quantitative estimate of drug-likeness (QED) is 0.710. The Labute approximate surface area is 147 Å². The van der Waals surface area contributed by atoms with Crippen molar-refractivity contribution >= 4 is 43.3 Å². The molecule has 0 atom stereocenters. The molecule has 1 aromatic carbocycles. The van der Waals surface area contributed by atoms with Crippen LogP contribution in [-0.4, -0.2) is 35.3 Å². The summed E-state index contributed by atoms with van der Waals surface area (Å²) in [6, 6.07) is 8.35. The van der Waals surface area contributed by atoms with Crippen LogP contribution in [0, 0.1) is 0 Å². The van der Waals surface area contributed by atoms with E-state index in [0.29, 0.717) is 6.54 Å². The van der Waals surface area contributed by atoms with Gasteiger partial charge in [-0.2, -0.15) is 0 Å². The fourth-order valence-corrected chi connectivity index (χ4v) is 4.04. The molecule has 0 saturated heterocycles. The molecule has 0 aliphatic carbocycles. The van der Waals surface area contributed by atoms with Gasteiger partial charge in [0.05, 0.1) is 12.0 Å². The van der Waals surface area contributed by atoms with Crippen molar-refractivity contribution in [2.24, 2.45) is 0 Å². The topological polar surface area (TPSA) is 49.2 Å². The third kappa shape index (κ3) is 3.11. The summed E-state index contributed by atoms with van der Waals surface area (Å²) >= 11 is 5.21. The number of hydrogen-bond acceptors (Lipinski definition) is 5. The molecule has 0 saturated carbocycles. The first-order valence-corrected chi connectivity index (χ1v) is 9.11. The highest BCUT2D eigenvalue weighted by atomic mass is 79.9. The number of halogens is 1. The van der Waals surface area contributed by atoms with Gasteiger partial charge in [-0.3, -0.25) is 0 Å². The first-order chi connectivity index (χ1) is 11.2. The lowest BCUT2D eigenvalue weighted by atomic mass is 10.0. The van der Waals surface area contributed by atoms with Crippen LogP contribution < -0.4 is 4.90 Å². The van der Waals surface area contributed by atoms with Gasteiger partial charge < -0.3 is 10.0 Å². The molecule has 0 aliphatic rings. The zero-order chi connectivity index (χ0) is 16.4. The van der Waals surface area contributed by atoms with Crippen LogP contribution >= 0.6 is 27.3 Å². The van der Waals surface area contributed by atoms with Gasteiger partial charge in [-0.05, 0) is 24.1 Å². The van der Waals surface area contributed by atoms with E-state index in [9.17, 15) is 5.11 Å². The van der Waals surface area contributed by atoms with Gasteiger partial charge in [0.1, 0.15) is 17.0 Å². The summed E-state index contributed by atoms with van der Waals surface area (Å²) < 4.78 is 1.06. The molecule has 0 spiro atoms. The predicted octanol–water partition coefficient (Wildman–Crippen LogP) is 4.11. The number of aromatic nitrogens is 2. The molecule has 23 heavy (non-hydrogen) atoms. The lowest BCUT2D eigenvalue weighted by Crippen LogP contribution is -2.22. The maximum atomic E-state index is 9.25. The van der Waals surface area contributed by atoms with Gasteiger partial charge in [0.25, 0.3) is 0 Å². The Morgan fingerprint density at radius 3 is 2.61 bits per heavy atom. The van der Waals surface area contributed by atoms with E-state index in [-0.39, 0.29) is 6.61 Å². The molecule has 0 amide bonds. The van der Waals surface area contributed by atoms with Crippen molar-refractivity contribution in [1.82, 2.24) is 9.97 Å². The third-order valence-corrected chi connectivity index (χ3v) is 5.56. The van der Waals surface area contributed by atoms with Crippen LogP contribution in [0.3, 0.4) is 0 Å². The summed E-state index contributed by atoms with van der Waals surface area (Å²) in [5.74, 6) is 0.873. The first-order valence-electron chi connectivity index (χ1n) is 7.50. The van der Waals surface area contributed by atoms with Gasteiger partial charge in [0, 0.05) is 28.5 Å². The highest BCUT2D eigenvalue weighted by molar-refractivity contribution is 9.10. The molecular weight excluding hydrogens is 374 g/mol. The number of rotatable bonds is 5. The molecule has 0 bridgehead atoms. The summed E-state index contributed by atoms with van der Waals surface area (Å²) in [6.07, 6.45) is 2.56. The van der Waals surface area contributed by atoms with Gasteiger partial charge in [-0.1, -0.05) is 35.0 Å². The summed E-state index contributed by atoms with van der Waals surface area (Å²) in [6.45, 7) is 2.81. The number of hydrogen-bond donors (Lipinski definition) is 1. The average molecular weight is 392 g/mol. The Balaban J connectivity index is 2.27. The normalized spacial score (nSPS) is 11.1. The van der Waals surface area contributed by atoms with E-state index in [1.54, 1.807) is 17.7 Å². The van der Waals surface area contributed by atoms with Crippen molar-refractivity contribution in [2.75, 3.05) is 25.1 Å².